The van der Waals surface area contributed by atoms with E-state index in [9.17, 15) is 13.9 Å². The average Bonchev–Trinajstić information content (AvgIpc) is 3.04. The second-order valence-electron chi connectivity index (χ2n) is 5.68. The molecule has 0 spiro atoms. The fourth-order valence-electron chi connectivity index (χ4n) is 2.93. The highest BCUT2D eigenvalue weighted by Crippen LogP contribution is 2.21. The van der Waals surface area contributed by atoms with Crippen LogP contribution in [-0.4, -0.2) is 56.0 Å². The zero-order valence-electron chi connectivity index (χ0n) is 13.1. The third-order valence-electron chi connectivity index (χ3n) is 4.14. The topological polar surface area (TPSA) is 76.3 Å². The first-order valence-electron chi connectivity index (χ1n) is 7.85. The lowest BCUT2D eigenvalue weighted by Gasteiger charge is -2.33. The van der Waals surface area contributed by atoms with Crippen molar-refractivity contribution >= 4 is 0 Å². The summed E-state index contributed by atoms with van der Waals surface area (Å²) in [7, 11) is 0. The Labute approximate surface area is 137 Å². The number of likely N-dealkylation sites (tertiary alicyclic amines) is 1. The number of piperidine rings is 1. The molecule has 1 fully saturated rings. The van der Waals surface area contributed by atoms with Crippen LogP contribution in [0.5, 0.6) is 5.75 Å². The van der Waals surface area contributed by atoms with Crippen molar-refractivity contribution in [2.45, 2.75) is 38.5 Å². The number of halogens is 2. The summed E-state index contributed by atoms with van der Waals surface area (Å²) in [5.74, 6) is 0.720. The quantitative estimate of drug-likeness (QED) is 0.862. The van der Waals surface area contributed by atoms with Crippen LogP contribution in [0.1, 0.15) is 25.1 Å². The first kappa shape index (κ1) is 16.7. The zero-order chi connectivity index (χ0) is 16.9. The number of alkyl halides is 2. The van der Waals surface area contributed by atoms with Crippen LogP contribution in [0.3, 0.4) is 0 Å². The van der Waals surface area contributed by atoms with Crippen molar-refractivity contribution in [2.75, 3.05) is 13.2 Å². The fraction of sp³-hybridized carbons (Fsp3) is 0.533. The Hall–Kier alpha value is -2.13. The first-order chi connectivity index (χ1) is 11.7. The Morgan fingerprint density at radius 2 is 2.04 bits per heavy atom. The Balaban J connectivity index is 1.75. The lowest BCUT2D eigenvalue weighted by Crippen LogP contribution is -2.41. The van der Waals surface area contributed by atoms with Crippen LogP contribution >= 0.6 is 0 Å². The number of nitrogens with zero attached hydrogens (tertiary/aromatic N) is 5. The van der Waals surface area contributed by atoms with Gasteiger partial charge in [-0.2, -0.15) is 13.5 Å². The first-order valence-corrected chi connectivity index (χ1v) is 7.85. The molecule has 1 unspecified atom stereocenters. The van der Waals surface area contributed by atoms with Crippen LogP contribution in [-0.2, 0) is 6.54 Å². The predicted molar refractivity (Wildman–Crippen MR) is 80.9 cm³/mol. The molecule has 0 bridgehead atoms. The van der Waals surface area contributed by atoms with E-state index in [1.54, 1.807) is 16.8 Å². The summed E-state index contributed by atoms with van der Waals surface area (Å²) >= 11 is 0. The van der Waals surface area contributed by atoms with Crippen molar-refractivity contribution in [3.8, 4) is 11.4 Å². The predicted octanol–water partition coefficient (Wildman–Crippen LogP) is 1.61. The summed E-state index contributed by atoms with van der Waals surface area (Å²) in [6, 6.07) is 6.26. The third-order valence-corrected chi connectivity index (χ3v) is 4.14. The second kappa shape index (κ2) is 7.63. The van der Waals surface area contributed by atoms with Gasteiger partial charge in [0.2, 0.25) is 0 Å². The molecule has 0 amide bonds. The normalized spacial score (nSPS) is 18.9. The van der Waals surface area contributed by atoms with Gasteiger partial charge in [0.25, 0.3) is 0 Å². The largest absolute Gasteiger partial charge is 0.435 e. The van der Waals surface area contributed by atoms with E-state index in [1.165, 1.54) is 12.1 Å². The molecule has 0 aliphatic carbocycles. The summed E-state index contributed by atoms with van der Waals surface area (Å²) in [6.07, 6.45) is 3.15. The molecule has 1 N–H and O–H groups in total. The molecule has 1 aliphatic heterocycles. The molecule has 0 saturated carbocycles. The van der Waals surface area contributed by atoms with E-state index in [4.69, 9.17) is 0 Å². The Morgan fingerprint density at radius 1 is 1.25 bits per heavy atom. The molecule has 2 heterocycles. The van der Waals surface area contributed by atoms with Gasteiger partial charge in [0, 0.05) is 6.04 Å². The summed E-state index contributed by atoms with van der Waals surface area (Å²) < 4.78 is 30.3. The second-order valence-corrected chi connectivity index (χ2v) is 5.68. The highest BCUT2D eigenvalue weighted by atomic mass is 19.3. The van der Waals surface area contributed by atoms with Crippen molar-refractivity contribution in [3.63, 3.8) is 0 Å². The Morgan fingerprint density at radius 3 is 2.75 bits per heavy atom. The van der Waals surface area contributed by atoms with Gasteiger partial charge >= 0.3 is 6.61 Å². The standard InChI is InChI=1S/C15H19F2N5O2/c16-15(17)24-13-6-4-11(5-7-13)22-14(18-19-20-22)9-21-8-2-1-3-12(21)10-23/h4-7,12,15,23H,1-3,8-10H2. The number of aromatic nitrogens is 4. The molecule has 1 aromatic heterocycles. The van der Waals surface area contributed by atoms with Crippen LogP contribution in [0.25, 0.3) is 5.69 Å². The summed E-state index contributed by atoms with van der Waals surface area (Å²) in [4.78, 5) is 2.17. The van der Waals surface area contributed by atoms with Gasteiger partial charge in [-0.3, -0.25) is 4.90 Å². The SMILES string of the molecule is OCC1CCCCN1Cc1nnnn1-c1ccc(OC(F)F)cc1. The van der Waals surface area contributed by atoms with Gasteiger partial charge < -0.3 is 9.84 Å². The summed E-state index contributed by atoms with van der Waals surface area (Å²) in [5.41, 5.74) is 0.661. The number of aliphatic hydroxyl groups excluding tert-OH is 1. The number of rotatable bonds is 6. The van der Waals surface area contributed by atoms with Gasteiger partial charge in [-0.15, -0.1) is 5.10 Å². The molecule has 1 saturated heterocycles. The maximum atomic E-state index is 12.2. The molecule has 2 aromatic rings. The maximum Gasteiger partial charge on any atom is 0.387 e. The Bertz CT molecular complexity index is 650. The molecule has 1 aliphatic rings. The van der Waals surface area contributed by atoms with E-state index in [0.29, 0.717) is 18.1 Å². The number of benzene rings is 1. The minimum Gasteiger partial charge on any atom is -0.435 e. The average molecular weight is 339 g/mol. The van der Waals surface area contributed by atoms with Crippen LogP contribution in [0, 0.1) is 0 Å². The van der Waals surface area contributed by atoms with Crippen molar-refractivity contribution in [2.24, 2.45) is 0 Å². The highest BCUT2D eigenvalue weighted by Gasteiger charge is 2.24. The van der Waals surface area contributed by atoms with Crippen molar-refractivity contribution in [1.82, 2.24) is 25.1 Å². The van der Waals surface area contributed by atoms with E-state index in [1.807, 2.05) is 0 Å². The number of aliphatic hydroxyl groups is 1. The smallest absolute Gasteiger partial charge is 0.387 e. The number of hydrogen-bond acceptors (Lipinski definition) is 6. The van der Waals surface area contributed by atoms with E-state index in [0.717, 1.165) is 25.8 Å². The summed E-state index contributed by atoms with van der Waals surface area (Å²) in [5, 5.41) is 21.2. The van der Waals surface area contributed by atoms with Gasteiger partial charge in [0.05, 0.1) is 18.8 Å². The molecule has 1 aromatic carbocycles. The van der Waals surface area contributed by atoms with E-state index < -0.39 is 6.61 Å². The fourth-order valence-corrected chi connectivity index (χ4v) is 2.93. The Kier molecular flexibility index (Phi) is 5.31. The van der Waals surface area contributed by atoms with E-state index in [2.05, 4.69) is 25.2 Å². The number of ether oxygens (including phenoxy) is 1. The highest BCUT2D eigenvalue weighted by molar-refractivity contribution is 5.37. The van der Waals surface area contributed by atoms with Crippen LogP contribution in [0.2, 0.25) is 0 Å². The van der Waals surface area contributed by atoms with Gasteiger partial charge in [0.1, 0.15) is 5.75 Å². The van der Waals surface area contributed by atoms with Crippen molar-refractivity contribution in [1.29, 1.82) is 0 Å². The molecule has 3 rings (SSSR count). The van der Waals surface area contributed by atoms with E-state index in [-0.39, 0.29) is 18.4 Å². The molecule has 1 atom stereocenters. The van der Waals surface area contributed by atoms with Crippen LogP contribution < -0.4 is 4.74 Å². The lowest BCUT2D eigenvalue weighted by atomic mass is 10.0. The van der Waals surface area contributed by atoms with Crippen LogP contribution in [0.15, 0.2) is 24.3 Å². The molecule has 9 heteroatoms. The molecule has 130 valence electrons. The third kappa shape index (κ3) is 3.85. The van der Waals surface area contributed by atoms with Gasteiger partial charge in [0.15, 0.2) is 5.82 Å². The minimum atomic E-state index is -2.85. The molecular formula is C15H19F2N5O2. The van der Waals surface area contributed by atoms with Crippen LogP contribution in [0.4, 0.5) is 8.78 Å². The number of hydrogen-bond donors (Lipinski definition) is 1. The van der Waals surface area contributed by atoms with Gasteiger partial charge in [-0.1, -0.05) is 6.42 Å². The summed E-state index contributed by atoms with van der Waals surface area (Å²) in [6.45, 7) is -1.33. The molecule has 0 radical (unpaired) electrons. The minimum absolute atomic E-state index is 0.0831. The number of tetrazole rings is 1. The zero-order valence-corrected chi connectivity index (χ0v) is 13.1. The maximum absolute atomic E-state index is 12.2. The monoisotopic (exact) mass is 339 g/mol. The molecular weight excluding hydrogens is 320 g/mol. The van der Waals surface area contributed by atoms with Gasteiger partial charge in [-0.05, 0) is 54.1 Å². The molecule has 24 heavy (non-hydrogen) atoms. The van der Waals surface area contributed by atoms with Crippen molar-refractivity contribution < 1.29 is 18.6 Å². The van der Waals surface area contributed by atoms with Gasteiger partial charge in [-0.25, -0.2) is 0 Å². The van der Waals surface area contributed by atoms with Crippen molar-refractivity contribution in [3.05, 3.63) is 30.1 Å². The molecule has 7 nitrogen and oxygen atoms in total. The van der Waals surface area contributed by atoms with E-state index >= 15 is 0 Å². The lowest BCUT2D eigenvalue weighted by molar-refractivity contribution is -0.0498.